The van der Waals surface area contributed by atoms with Crippen molar-refractivity contribution in [3.63, 3.8) is 0 Å². The van der Waals surface area contributed by atoms with E-state index in [9.17, 15) is 4.79 Å². The van der Waals surface area contributed by atoms with Crippen LogP contribution in [0.1, 0.15) is 6.92 Å². The second kappa shape index (κ2) is 7.79. The fourth-order valence-corrected chi connectivity index (χ4v) is 3.73. The highest BCUT2D eigenvalue weighted by molar-refractivity contribution is 7.08. The van der Waals surface area contributed by atoms with Crippen LogP contribution >= 0.6 is 11.3 Å². The van der Waals surface area contributed by atoms with Gasteiger partial charge in [0.05, 0.1) is 5.56 Å². The van der Waals surface area contributed by atoms with Crippen molar-refractivity contribution in [3.8, 4) is 22.8 Å². The molecular weight excluding hydrogens is 362 g/mol. The maximum atomic E-state index is 11.9. The number of nitrogens with one attached hydrogen (secondary N) is 1. The standard InChI is InChI=1S/C19H21N5O2S/c1-2-20-19(25)24-10-8-23(9-11-24)16-5-3-14(4-6-16)17-21-18(26-22-17)15-7-12-27-13-15/h3-7,12-13H,2,8-11H2,1H3,(H,20,25). The Bertz CT molecular complexity index is 883. The van der Waals surface area contributed by atoms with Crippen molar-refractivity contribution in [2.45, 2.75) is 6.92 Å². The minimum absolute atomic E-state index is 0.0195. The zero-order valence-electron chi connectivity index (χ0n) is 15.1. The van der Waals surface area contributed by atoms with E-state index < -0.39 is 0 Å². The first kappa shape index (κ1) is 17.5. The molecule has 0 atom stereocenters. The van der Waals surface area contributed by atoms with Crippen LogP contribution < -0.4 is 10.2 Å². The number of aromatic nitrogens is 2. The molecule has 7 nitrogen and oxygen atoms in total. The van der Waals surface area contributed by atoms with Gasteiger partial charge in [-0.2, -0.15) is 16.3 Å². The summed E-state index contributed by atoms with van der Waals surface area (Å²) in [6.07, 6.45) is 0. The maximum Gasteiger partial charge on any atom is 0.317 e. The molecule has 1 N–H and O–H groups in total. The van der Waals surface area contributed by atoms with Gasteiger partial charge in [0.15, 0.2) is 0 Å². The van der Waals surface area contributed by atoms with Gasteiger partial charge < -0.3 is 19.6 Å². The molecule has 0 radical (unpaired) electrons. The molecule has 8 heteroatoms. The Hall–Kier alpha value is -2.87. The molecule has 3 heterocycles. The Balaban J connectivity index is 1.40. The Morgan fingerprint density at radius 2 is 1.93 bits per heavy atom. The number of thiophene rings is 1. The van der Waals surface area contributed by atoms with Gasteiger partial charge in [-0.3, -0.25) is 0 Å². The molecule has 0 unspecified atom stereocenters. The average molecular weight is 383 g/mol. The van der Waals surface area contributed by atoms with Crippen molar-refractivity contribution in [1.82, 2.24) is 20.4 Å². The van der Waals surface area contributed by atoms with Gasteiger partial charge in [0.25, 0.3) is 5.89 Å². The van der Waals surface area contributed by atoms with Crippen molar-refractivity contribution in [1.29, 1.82) is 0 Å². The van der Waals surface area contributed by atoms with Crippen LogP contribution in [0.3, 0.4) is 0 Å². The lowest BCUT2D eigenvalue weighted by Gasteiger charge is -2.36. The van der Waals surface area contributed by atoms with E-state index in [1.54, 1.807) is 11.3 Å². The van der Waals surface area contributed by atoms with Gasteiger partial charge in [0, 0.05) is 49.4 Å². The number of carbonyl (C=O) groups excluding carboxylic acids is 1. The van der Waals surface area contributed by atoms with Crippen LogP contribution in [0.15, 0.2) is 45.6 Å². The van der Waals surface area contributed by atoms with Crippen LogP contribution in [0, 0.1) is 0 Å². The van der Waals surface area contributed by atoms with E-state index in [2.05, 4.69) is 32.5 Å². The van der Waals surface area contributed by atoms with E-state index in [1.807, 2.05) is 40.8 Å². The lowest BCUT2D eigenvalue weighted by Crippen LogP contribution is -2.51. The normalized spacial score (nSPS) is 14.4. The first-order valence-corrected chi connectivity index (χ1v) is 9.93. The second-order valence-corrected chi connectivity index (χ2v) is 7.07. The highest BCUT2D eigenvalue weighted by Gasteiger charge is 2.21. The van der Waals surface area contributed by atoms with Crippen molar-refractivity contribution < 1.29 is 9.32 Å². The zero-order chi connectivity index (χ0) is 18.6. The summed E-state index contributed by atoms with van der Waals surface area (Å²) in [5.74, 6) is 1.13. The molecule has 2 aromatic heterocycles. The number of amides is 2. The van der Waals surface area contributed by atoms with Crippen LogP contribution in [-0.2, 0) is 0 Å². The summed E-state index contributed by atoms with van der Waals surface area (Å²) in [5.41, 5.74) is 3.00. The monoisotopic (exact) mass is 383 g/mol. The van der Waals surface area contributed by atoms with Gasteiger partial charge in [0.1, 0.15) is 0 Å². The van der Waals surface area contributed by atoms with Gasteiger partial charge in [-0.1, -0.05) is 5.16 Å². The van der Waals surface area contributed by atoms with E-state index >= 15 is 0 Å². The average Bonchev–Trinajstić information content (AvgIpc) is 3.40. The van der Waals surface area contributed by atoms with Crippen molar-refractivity contribution in [2.75, 3.05) is 37.6 Å². The third-order valence-corrected chi connectivity index (χ3v) is 5.26. The molecule has 3 aromatic rings. The summed E-state index contributed by atoms with van der Waals surface area (Å²) >= 11 is 1.60. The summed E-state index contributed by atoms with van der Waals surface area (Å²) in [5, 5.41) is 10.9. The molecule has 140 valence electrons. The first-order chi connectivity index (χ1) is 13.2. The maximum absolute atomic E-state index is 11.9. The molecule has 0 bridgehead atoms. The number of piperazine rings is 1. The molecule has 1 saturated heterocycles. The molecule has 27 heavy (non-hydrogen) atoms. The third kappa shape index (κ3) is 3.80. The fraction of sp³-hybridized carbons (Fsp3) is 0.316. The van der Waals surface area contributed by atoms with E-state index in [1.165, 1.54) is 0 Å². The lowest BCUT2D eigenvalue weighted by atomic mass is 10.1. The predicted molar refractivity (Wildman–Crippen MR) is 106 cm³/mol. The number of urea groups is 1. The molecule has 1 aliphatic heterocycles. The molecular formula is C19H21N5O2S. The topological polar surface area (TPSA) is 74.5 Å². The molecule has 2 amide bonds. The van der Waals surface area contributed by atoms with Crippen LogP contribution in [0.5, 0.6) is 0 Å². The van der Waals surface area contributed by atoms with Gasteiger partial charge in [-0.15, -0.1) is 0 Å². The molecule has 0 spiro atoms. The van der Waals surface area contributed by atoms with Crippen LogP contribution in [-0.4, -0.2) is 53.8 Å². The minimum atomic E-state index is 0.0195. The molecule has 0 aliphatic carbocycles. The number of nitrogens with zero attached hydrogens (tertiary/aromatic N) is 4. The van der Waals surface area contributed by atoms with Gasteiger partial charge in [-0.25, -0.2) is 4.79 Å². The predicted octanol–water partition coefficient (Wildman–Crippen LogP) is 3.32. The smallest absolute Gasteiger partial charge is 0.317 e. The van der Waals surface area contributed by atoms with Crippen molar-refractivity contribution in [2.24, 2.45) is 0 Å². The largest absolute Gasteiger partial charge is 0.368 e. The summed E-state index contributed by atoms with van der Waals surface area (Å²) in [4.78, 5) is 20.5. The molecule has 4 rings (SSSR count). The number of benzene rings is 1. The van der Waals surface area contributed by atoms with Crippen molar-refractivity contribution in [3.05, 3.63) is 41.1 Å². The number of hydrogen-bond acceptors (Lipinski definition) is 6. The zero-order valence-corrected chi connectivity index (χ0v) is 15.9. The van der Waals surface area contributed by atoms with E-state index in [0.29, 0.717) is 18.3 Å². The van der Waals surface area contributed by atoms with Crippen molar-refractivity contribution >= 4 is 23.1 Å². The Labute approximate surface area is 161 Å². The summed E-state index contributed by atoms with van der Waals surface area (Å²) in [6.45, 7) is 5.68. The van der Waals surface area contributed by atoms with E-state index in [4.69, 9.17) is 4.52 Å². The number of rotatable bonds is 4. The van der Waals surface area contributed by atoms with Gasteiger partial charge >= 0.3 is 6.03 Å². The third-order valence-electron chi connectivity index (χ3n) is 4.58. The van der Waals surface area contributed by atoms with Crippen LogP contribution in [0.4, 0.5) is 10.5 Å². The quantitative estimate of drug-likeness (QED) is 0.748. The molecule has 1 aromatic carbocycles. The number of hydrogen-bond donors (Lipinski definition) is 1. The van der Waals surface area contributed by atoms with Gasteiger partial charge in [-0.05, 0) is 42.6 Å². The molecule has 1 fully saturated rings. The lowest BCUT2D eigenvalue weighted by molar-refractivity contribution is 0.195. The highest BCUT2D eigenvalue weighted by Crippen LogP contribution is 2.26. The first-order valence-electron chi connectivity index (χ1n) is 8.99. The van der Waals surface area contributed by atoms with Crippen LogP contribution in [0.25, 0.3) is 22.8 Å². The Morgan fingerprint density at radius 3 is 2.59 bits per heavy atom. The summed E-state index contributed by atoms with van der Waals surface area (Å²) in [7, 11) is 0. The molecule has 1 aliphatic rings. The van der Waals surface area contributed by atoms with Gasteiger partial charge in [0.2, 0.25) is 5.82 Å². The van der Waals surface area contributed by atoms with Crippen LogP contribution in [0.2, 0.25) is 0 Å². The molecule has 0 saturated carbocycles. The summed E-state index contributed by atoms with van der Waals surface area (Å²) in [6, 6.07) is 10.1. The minimum Gasteiger partial charge on any atom is -0.368 e. The Kier molecular flexibility index (Phi) is 5.06. The van der Waals surface area contributed by atoms with E-state index in [-0.39, 0.29) is 6.03 Å². The highest BCUT2D eigenvalue weighted by atomic mass is 32.1. The fourth-order valence-electron chi connectivity index (χ4n) is 3.10. The second-order valence-electron chi connectivity index (χ2n) is 6.29. The summed E-state index contributed by atoms with van der Waals surface area (Å²) < 4.78 is 5.36. The SMILES string of the molecule is CCNC(=O)N1CCN(c2ccc(-c3noc(-c4ccsc4)n3)cc2)CC1. The number of carbonyl (C=O) groups is 1. The number of anilines is 1. The Morgan fingerprint density at radius 1 is 1.15 bits per heavy atom. The van der Waals surface area contributed by atoms with E-state index in [0.717, 1.165) is 43.0 Å².